The van der Waals surface area contributed by atoms with Crippen LogP contribution < -0.4 is 10.2 Å². The molecule has 0 fully saturated rings. The Morgan fingerprint density at radius 2 is 2.08 bits per heavy atom. The number of hydrazine groups is 1. The normalized spacial score (nSPS) is 10.8. The molecule has 134 valence electrons. The topological polar surface area (TPSA) is 98.1 Å². The van der Waals surface area contributed by atoms with Crippen molar-refractivity contribution in [3.05, 3.63) is 54.0 Å². The quantitative estimate of drug-likeness (QED) is 0.662. The molecule has 0 aliphatic rings. The van der Waals surface area contributed by atoms with Crippen molar-refractivity contribution >= 4 is 5.91 Å². The van der Waals surface area contributed by atoms with E-state index in [0.717, 1.165) is 11.4 Å². The highest BCUT2D eigenvalue weighted by molar-refractivity contribution is 5.93. The van der Waals surface area contributed by atoms with Gasteiger partial charge in [0.1, 0.15) is 18.0 Å². The molecule has 9 heteroatoms. The summed E-state index contributed by atoms with van der Waals surface area (Å²) in [4.78, 5) is 20.4. The van der Waals surface area contributed by atoms with Gasteiger partial charge in [-0.25, -0.2) is 14.7 Å². The summed E-state index contributed by atoms with van der Waals surface area (Å²) in [6, 6.07) is 8.90. The van der Waals surface area contributed by atoms with Crippen molar-refractivity contribution in [2.45, 2.75) is 6.61 Å². The van der Waals surface area contributed by atoms with Gasteiger partial charge in [0.25, 0.3) is 5.91 Å². The van der Waals surface area contributed by atoms with Crippen molar-refractivity contribution in [3.8, 4) is 17.3 Å². The maximum absolute atomic E-state index is 11.9. The molecule has 1 amide bonds. The molecule has 0 saturated heterocycles. The number of hydrogen-bond acceptors (Lipinski definition) is 7. The van der Waals surface area contributed by atoms with E-state index in [1.165, 1.54) is 6.20 Å². The SMILES string of the molecule is CN(C)NC(=O)c1ccc(OCc2c(-c3ccccn3)nnn2C)nc1. The third kappa shape index (κ3) is 4.01. The molecule has 0 aromatic carbocycles. The van der Waals surface area contributed by atoms with Crippen LogP contribution in [-0.4, -0.2) is 50.0 Å². The van der Waals surface area contributed by atoms with Crippen LogP contribution in [0.1, 0.15) is 16.1 Å². The molecule has 9 nitrogen and oxygen atoms in total. The highest BCUT2D eigenvalue weighted by Crippen LogP contribution is 2.19. The van der Waals surface area contributed by atoms with Crippen LogP contribution in [0.15, 0.2) is 42.7 Å². The zero-order valence-corrected chi connectivity index (χ0v) is 14.7. The predicted molar refractivity (Wildman–Crippen MR) is 94.0 cm³/mol. The summed E-state index contributed by atoms with van der Waals surface area (Å²) in [6.45, 7) is 0.228. The van der Waals surface area contributed by atoms with E-state index in [9.17, 15) is 4.79 Å². The Kier molecular flexibility index (Phi) is 5.18. The first-order chi connectivity index (χ1) is 12.5. The fourth-order valence-electron chi connectivity index (χ4n) is 2.25. The molecular formula is C17H19N7O2. The number of ether oxygens (including phenoxy) is 1. The van der Waals surface area contributed by atoms with E-state index in [2.05, 4.69) is 25.7 Å². The lowest BCUT2D eigenvalue weighted by Crippen LogP contribution is -2.36. The molecule has 0 bridgehead atoms. The van der Waals surface area contributed by atoms with E-state index in [4.69, 9.17) is 4.74 Å². The van der Waals surface area contributed by atoms with Gasteiger partial charge in [0.2, 0.25) is 5.88 Å². The van der Waals surface area contributed by atoms with Crippen LogP contribution in [0.4, 0.5) is 0 Å². The Hall–Kier alpha value is -3.33. The summed E-state index contributed by atoms with van der Waals surface area (Å²) in [6.07, 6.45) is 3.17. The van der Waals surface area contributed by atoms with E-state index in [1.807, 2.05) is 18.2 Å². The van der Waals surface area contributed by atoms with Crippen molar-refractivity contribution in [2.75, 3.05) is 14.1 Å². The molecule has 3 heterocycles. The summed E-state index contributed by atoms with van der Waals surface area (Å²) in [5, 5.41) is 9.77. The summed E-state index contributed by atoms with van der Waals surface area (Å²) >= 11 is 0. The second kappa shape index (κ2) is 7.70. The maximum Gasteiger partial charge on any atom is 0.267 e. The molecular weight excluding hydrogens is 334 g/mol. The number of hydrogen-bond donors (Lipinski definition) is 1. The van der Waals surface area contributed by atoms with Crippen LogP contribution in [0.25, 0.3) is 11.4 Å². The van der Waals surface area contributed by atoms with Crippen LogP contribution in [0.5, 0.6) is 5.88 Å². The van der Waals surface area contributed by atoms with Gasteiger partial charge >= 0.3 is 0 Å². The van der Waals surface area contributed by atoms with E-state index in [1.54, 1.807) is 49.2 Å². The van der Waals surface area contributed by atoms with Crippen molar-refractivity contribution in [1.82, 2.24) is 35.4 Å². The van der Waals surface area contributed by atoms with Gasteiger partial charge in [0, 0.05) is 39.6 Å². The van der Waals surface area contributed by atoms with E-state index in [0.29, 0.717) is 17.1 Å². The number of nitrogens with zero attached hydrogens (tertiary/aromatic N) is 6. The van der Waals surface area contributed by atoms with Crippen LogP contribution in [0.3, 0.4) is 0 Å². The van der Waals surface area contributed by atoms with Gasteiger partial charge in [-0.3, -0.25) is 15.2 Å². The summed E-state index contributed by atoms with van der Waals surface area (Å²) in [5.74, 6) is 0.168. The van der Waals surface area contributed by atoms with E-state index in [-0.39, 0.29) is 12.5 Å². The zero-order valence-electron chi connectivity index (χ0n) is 14.7. The number of carbonyl (C=O) groups is 1. The summed E-state index contributed by atoms with van der Waals surface area (Å²) in [7, 11) is 5.27. The van der Waals surface area contributed by atoms with Gasteiger partial charge in [0.15, 0.2) is 0 Å². The molecule has 3 aromatic heterocycles. The minimum atomic E-state index is -0.234. The molecule has 3 rings (SSSR count). The van der Waals surface area contributed by atoms with Crippen LogP contribution in [0.2, 0.25) is 0 Å². The molecule has 0 aliphatic carbocycles. The lowest BCUT2D eigenvalue weighted by molar-refractivity contribution is 0.0856. The third-order valence-electron chi connectivity index (χ3n) is 3.53. The zero-order chi connectivity index (χ0) is 18.5. The van der Waals surface area contributed by atoms with Crippen molar-refractivity contribution in [3.63, 3.8) is 0 Å². The number of carbonyl (C=O) groups excluding carboxylic acids is 1. The molecule has 0 spiro atoms. The van der Waals surface area contributed by atoms with Gasteiger partial charge in [0.05, 0.1) is 11.3 Å². The largest absolute Gasteiger partial charge is 0.471 e. The van der Waals surface area contributed by atoms with Gasteiger partial charge in [-0.15, -0.1) is 5.10 Å². The number of rotatable bonds is 6. The minimum absolute atomic E-state index is 0.228. The highest BCUT2D eigenvalue weighted by atomic mass is 16.5. The van der Waals surface area contributed by atoms with E-state index >= 15 is 0 Å². The average Bonchev–Trinajstić information content (AvgIpc) is 3.01. The number of aromatic nitrogens is 5. The van der Waals surface area contributed by atoms with Crippen LogP contribution >= 0.6 is 0 Å². The van der Waals surface area contributed by atoms with Gasteiger partial charge in [-0.1, -0.05) is 11.3 Å². The lowest BCUT2D eigenvalue weighted by Gasteiger charge is -2.12. The lowest BCUT2D eigenvalue weighted by atomic mass is 10.2. The first-order valence-electron chi connectivity index (χ1n) is 7.91. The standard InChI is InChI=1S/C17H19N7O2/c1-23(2)21-17(25)12-7-8-15(19-10-12)26-11-14-16(20-22-24(14)3)13-6-4-5-9-18-13/h4-10H,11H2,1-3H3,(H,21,25). The number of nitrogens with one attached hydrogen (secondary N) is 1. The number of amides is 1. The number of pyridine rings is 2. The Morgan fingerprint density at radius 1 is 1.23 bits per heavy atom. The van der Waals surface area contributed by atoms with Crippen molar-refractivity contribution < 1.29 is 9.53 Å². The smallest absolute Gasteiger partial charge is 0.267 e. The molecule has 3 aromatic rings. The molecule has 26 heavy (non-hydrogen) atoms. The second-order valence-corrected chi connectivity index (χ2v) is 5.73. The predicted octanol–water partition coefficient (Wildman–Crippen LogP) is 1.06. The molecule has 0 saturated carbocycles. The monoisotopic (exact) mass is 353 g/mol. The molecule has 0 unspecified atom stereocenters. The first-order valence-corrected chi connectivity index (χ1v) is 7.91. The fourth-order valence-corrected chi connectivity index (χ4v) is 2.25. The number of aryl methyl sites for hydroxylation is 1. The van der Waals surface area contributed by atoms with Gasteiger partial charge < -0.3 is 4.74 Å². The van der Waals surface area contributed by atoms with Crippen molar-refractivity contribution in [2.24, 2.45) is 7.05 Å². The van der Waals surface area contributed by atoms with Crippen molar-refractivity contribution in [1.29, 1.82) is 0 Å². The first kappa shape index (κ1) is 17.5. The Balaban J connectivity index is 1.70. The van der Waals surface area contributed by atoms with E-state index < -0.39 is 0 Å². The second-order valence-electron chi connectivity index (χ2n) is 5.73. The Labute approximate surface area is 150 Å². The Bertz CT molecular complexity index is 876. The third-order valence-corrected chi connectivity index (χ3v) is 3.53. The van der Waals surface area contributed by atoms with Gasteiger partial charge in [-0.05, 0) is 18.2 Å². The van der Waals surface area contributed by atoms with Crippen LogP contribution in [-0.2, 0) is 13.7 Å². The molecule has 0 radical (unpaired) electrons. The average molecular weight is 353 g/mol. The summed E-state index contributed by atoms with van der Waals surface area (Å²) < 4.78 is 7.37. The minimum Gasteiger partial charge on any atom is -0.471 e. The van der Waals surface area contributed by atoms with Gasteiger partial charge in [-0.2, -0.15) is 0 Å². The van der Waals surface area contributed by atoms with Crippen LogP contribution in [0, 0.1) is 0 Å². The maximum atomic E-state index is 11.9. The molecule has 0 aliphatic heterocycles. The molecule has 1 N–H and O–H groups in total. The highest BCUT2D eigenvalue weighted by Gasteiger charge is 2.15. The Morgan fingerprint density at radius 3 is 2.73 bits per heavy atom. The molecule has 0 atom stereocenters. The fraction of sp³-hybridized carbons (Fsp3) is 0.235. The summed E-state index contributed by atoms with van der Waals surface area (Å²) in [5.41, 5.74) is 5.26.